The molecule has 2 aromatic carbocycles. The van der Waals surface area contributed by atoms with Crippen LogP contribution in [-0.4, -0.2) is 67.8 Å². The van der Waals surface area contributed by atoms with Crippen molar-refractivity contribution in [3.05, 3.63) is 76.9 Å². The Morgan fingerprint density at radius 2 is 1.72 bits per heavy atom. The van der Waals surface area contributed by atoms with E-state index in [9.17, 15) is 14.0 Å². The molecule has 3 fully saturated rings. The molecule has 4 heterocycles. The highest BCUT2D eigenvalue weighted by molar-refractivity contribution is 5.80. The van der Waals surface area contributed by atoms with E-state index in [1.54, 1.807) is 13.0 Å². The lowest BCUT2D eigenvalue weighted by Gasteiger charge is -2.36. The van der Waals surface area contributed by atoms with Gasteiger partial charge in [-0.1, -0.05) is 24.3 Å². The monoisotopic (exact) mass is 633 g/mol. The molecule has 3 aliphatic rings. The second kappa shape index (κ2) is 14.2. The van der Waals surface area contributed by atoms with Crippen LogP contribution in [0.25, 0.3) is 11.3 Å². The summed E-state index contributed by atoms with van der Waals surface area (Å²) in [5.41, 5.74) is 3.80. The van der Waals surface area contributed by atoms with Crippen molar-refractivity contribution >= 4 is 17.7 Å². The zero-order valence-electron chi connectivity index (χ0n) is 26.5. The maximum absolute atomic E-state index is 15.2. The van der Waals surface area contributed by atoms with Gasteiger partial charge in [0.05, 0.1) is 37.4 Å². The van der Waals surface area contributed by atoms with Crippen LogP contribution in [0.2, 0.25) is 0 Å². The molecule has 6 rings (SSSR count). The number of pyridine rings is 1. The molecule has 1 amide bonds. The number of carbonyl (C=O) groups excluding carboxylic acids is 2. The van der Waals surface area contributed by atoms with E-state index in [1.165, 1.54) is 11.6 Å². The Labute approximate surface area is 268 Å². The van der Waals surface area contributed by atoms with Crippen LogP contribution in [0.5, 0.6) is 5.75 Å². The van der Waals surface area contributed by atoms with Gasteiger partial charge in [0.2, 0.25) is 5.91 Å². The predicted octanol–water partition coefficient (Wildman–Crippen LogP) is 6.05. The highest BCUT2D eigenvalue weighted by atomic mass is 19.1. The van der Waals surface area contributed by atoms with Crippen molar-refractivity contribution in [3.8, 4) is 17.0 Å². The molecule has 0 spiro atoms. The fourth-order valence-electron chi connectivity index (χ4n) is 6.61. The minimum atomic E-state index is -0.790. The molecule has 0 radical (unpaired) electrons. The number of likely N-dealkylation sites (tertiary alicyclic amines) is 1. The Morgan fingerprint density at radius 1 is 0.957 bits per heavy atom. The highest BCUT2D eigenvalue weighted by Crippen LogP contribution is 2.36. The van der Waals surface area contributed by atoms with Crippen molar-refractivity contribution in [1.29, 1.82) is 0 Å². The number of aryl methyl sites for hydroxylation is 1. The molecule has 0 atom stereocenters. The Balaban J connectivity index is 1.12. The molecule has 0 unspecified atom stereocenters. The number of ether oxygens (including phenoxy) is 3. The van der Waals surface area contributed by atoms with Gasteiger partial charge in [0, 0.05) is 37.8 Å². The van der Waals surface area contributed by atoms with Crippen LogP contribution in [0.3, 0.4) is 0 Å². The van der Waals surface area contributed by atoms with Crippen LogP contribution in [-0.2, 0) is 25.7 Å². The number of aromatic nitrogens is 1. The molecule has 0 aliphatic carbocycles. The Kier molecular flexibility index (Phi) is 9.82. The molecule has 46 heavy (non-hydrogen) atoms. The predicted molar refractivity (Wildman–Crippen MR) is 170 cm³/mol. The largest absolute Gasteiger partial charge is 0.485 e. The Bertz CT molecular complexity index is 1560. The standard InChI is InChI=1S/C36H41F2N3O5/c1-3-45-36(43)25-11-13-40(14-12-25)33-6-4-5-32(39-33)30-18-29(37)19-31(38)34(30)46-22-27-8-7-26(17-23(27)2)24-9-15-41(16-10-24)35(42)28-20-44-21-28/h4-8,17-19,24-25,28H,3,9-16,20-22H2,1-2H3. The van der Waals surface area contributed by atoms with Gasteiger partial charge in [-0.15, -0.1) is 0 Å². The van der Waals surface area contributed by atoms with Gasteiger partial charge in [-0.3, -0.25) is 9.59 Å². The average Bonchev–Trinajstić information content (AvgIpc) is 3.04. The minimum absolute atomic E-state index is 0.0196. The minimum Gasteiger partial charge on any atom is -0.485 e. The number of piperidine rings is 2. The zero-order valence-corrected chi connectivity index (χ0v) is 26.5. The lowest BCUT2D eigenvalue weighted by Crippen LogP contribution is -2.47. The van der Waals surface area contributed by atoms with E-state index in [2.05, 4.69) is 17.0 Å². The van der Waals surface area contributed by atoms with Gasteiger partial charge in [0.1, 0.15) is 18.2 Å². The first-order valence-corrected chi connectivity index (χ1v) is 16.3. The van der Waals surface area contributed by atoms with Gasteiger partial charge in [0.15, 0.2) is 11.6 Å². The summed E-state index contributed by atoms with van der Waals surface area (Å²) in [4.78, 5) is 33.5. The van der Waals surface area contributed by atoms with Crippen molar-refractivity contribution in [2.24, 2.45) is 11.8 Å². The summed E-state index contributed by atoms with van der Waals surface area (Å²) < 4.78 is 46.1. The molecule has 10 heteroatoms. The number of hydrogen-bond donors (Lipinski definition) is 0. The van der Waals surface area contributed by atoms with Crippen LogP contribution in [0, 0.1) is 30.4 Å². The molecule has 0 N–H and O–H groups in total. The van der Waals surface area contributed by atoms with E-state index in [0.717, 1.165) is 43.1 Å². The number of hydrogen-bond acceptors (Lipinski definition) is 7. The van der Waals surface area contributed by atoms with Crippen molar-refractivity contribution in [3.63, 3.8) is 0 Å². The average molecular weight is 634 g/mol. The van der Waals surface area contributed by atoms with Crippen LogP contribution in [0.15, 0.2) is 48.5 Å². The summed E-state index contributed by atoms with van der Waals surface area (Å²) in [6.07, 6.45) is 3.13. The number of rotatable bonds is 9. The van der Waals surface area contributed by atoms with Gasteiger partial charge in [-0.2, -0.15) is 0 Å². The molecular weight excluding hydrogens is 592 g/mol. The summed E-state index contributed by atoms with van der Waals surface area (Å²) >= 11 is 0. The van der Waals surface area contributed by atoms with E-state index in [0.29, 0.717) is 63.2 Å². The van der Waals surface area contributed by atoms with E-state index in [1.807, 2.05) is 30.0 Å². The van der Waals surface area contributed by atoms with Crippen LogP contribution in [0.1, 0.15) is 55.2 Å². The van der Waals surface area contributed by atoms with Crippen molar-refractivity contribution in [2.75, 3.05) is 50.9 Å². The van der Waals surface area contributed by atoms with E-state index in [4.69, 9.17) is 19.2 Å². The SMILES string of the molecule is CCOC(=O)C1CCN(c2cccc(-c3cc(F)cc(F)c3OCc3ccc(C4CCN(C(=O)C5COC5)CC4)cc3C)n2)CC1. The number of nitrogens with zero attached hydrogens (tertiary/aromatic N) is 3. The van der Waals surface area contributed by atoms with Crippen LogP contribution >= 0.6 is 0 Å². The second-order valence-corrected chi connectivity index (χ2v) is 12.5. The fourth-order valence-corrected chi connectivity index (χ4v) is 6.61. The topological polar surface area (TPSA) is 81.2 Å². The third-order valence-electron chi connectivity index (χ3n) is 9.46. The van der Waals surface area contributed by atoms with E-state index >= 15 is 4.39 Å². The normalized spacial score (nSPS) is 17.9. The molecular formula is C36H41F2N3O5. The number of esters is 1. The second-order valence-electron chi connectivity index (χ2n) is 12.5. The number of benzene rings is 2. The molecule has 244 valence electrons. The van der Waals surface area contributed by atoms with Gasteiger partial charge in [-0.05, 0) is 80.3 Å². The van der Waals surface area contributed by atoms with Gasteiger partial charge in [0.25, 0.3) is 0 Å². The third-order valence-corrected chi connectivity index (χ3v) is 9.46. The highest BCUT2D eigenvalue weighted by Gasteiger charge is 2.33. The van der Waals surface area contributed by atoms with Gasteiger partial charge < -0.3 is 24.0 Å². The number of anilines is 1. The van der Waals surface area contributed by atoms with Crippen LogP contribution in [0.4, 0.5) is 14.6 Å². The Morgan fingerprint density at radius 3 is 2.39 bits per heavy atom. The number of carbonyl (C=O) groups is 2. The van der Waals surface area contributed by atoms with Crippen molar-refractivity contribution < 1.29 is 32.6 Å². The molecule has 0 bridgehead atoms. The summed E-state index contributed by atoms with van der Waals surface area (Å²) in [7, 11) is 0. The molecule has 3 saturated heterocycles. The molecule has 1 aromatic heterocycles. The summed E-state index contributed by atoms with van der Waals surface area (Å²) in [5, 5.41) is 0. The van der Waals surface area contributed by atoms with Gasteiger partial charge in [-0.25, -0.2) is 13.8 Å². The number of halogens is 2. The van der Waals surface area contributed by atoms with E-state index < -0.39 is 11.6 Å². The summed E-state index contributed by atoms with van der Waals surface area (Å²) in [6, 6.07) is 13.7. The fraction of sp³-hybridized carbons (Fsp3) is 0.472. The lowest BCUT2D eigenvalue weighted by atomic mass is 9.87. The first-order valence-electron chi connectivity index (χ1n) is 16.3. The summed E-state index contributed by atoms with van der Waals surface area (Å²) in [6.45, 7) is 8.11. The molecule has 8 nitrogen and oxygen atoms in total. The smallest absolute Gasteiger partial charge is 0.309 e. The Hall–Kier alpha value is -4.05. The quantitative estimate of drug-likeness (QED) is 0.266. The summed E-state index contributed by atoms with van der Waals surface area (Å²) in [5.74, 6) is -0.586. The zero-order chi connectivity index (χ0) is 32.2. The maximum atomic E-state index is 15.2. The molecule has 3 aliphatic heterocycles. The third kappa shape index (κ3) is 7.02. The maximum Gasteiger partial charge on any atom is 0.309 e. The number of amides is 1. The van der Waals surface area contributed by atoms with Gasteiger partial charge >= 0.3 is 5.97 Å². The van der Waals surface area contributed by atoms with Crippen molar-refractivity contribution in [2.45, 2.75) is 52.1 Å². The van der Waals surface area contributed by atoms with Crippen molar-refractivity contribution in [1.82, 2.24) is 9.88 Å². The van der Waals surface area contributed by atoms with E-state index in [-0.39, 0.29) is 41.6 Å². The molecule has 3 aromatic rings. The molecule has 0 saturated carbocycles. The first kappa shape index (κ1) is 31.9. The first-order chi connectivity index (χ1) is 22.3. The lowest BCUT2D eigenvalue weighted by molar-refractivity contribution is -0.151. The van der Waals surface area contributed by atoms with Crippen LogP contribution < -0.4 is 9.64 Å².